The van der Waals surface area contributed by atoms with E-state index in [1.54, 1.807) is 0 Å². The average Bonchev–Trinajstić information content (AvgIpc) is 2.78. The Bertz CT molecular complexity index is 244. The normalized spacial score (nSPS) is 24.9. The molecule has 17 heavy (non-hydrogen) atoms. The van der Waals surface area contributed by atoms with Gasteiger partial charge in [-0.25, -0.2) is 0 Å². The number of aliphatic hydroxyl groups is 1. The van der Waals surface area contributed by atoms with Crippen LogP contribution in [0.15, 0.2) is 0 Å². The highest BCUT2D eigenvalue weighted by Crippen LogP contribution is 2.27. The third-order valence-corrected chi connectivity index (χ3v) is 4.32. The Morgan fingerprint density at radius 2 is 2.06 bits per heavy atom. The predicted octanol–water partition coefficient (Wildman–Crippen LogP) is 1.03. The van der Waals surface area contributed by atoms with Crippen molar-refractivity contribution in [1.82, 2.24) is 5.32 Å². The summed E-state index contributed by atoms with van der Waals surface area (Å²) in [5.41, 5.74) is 5.65. The molecule has 1 rings (SSSR count). The lowest BCUT2D eigenvalue weighted by molar-refractivity contribution is -0.125. The second kappa shape index (κ2) is 6.36. The highest BCUT2D eigenvalue weighted by Gasteiger charge is 2.30. The first-order valence-corrected chi connectivity index (χ1v) is 6.71. The monoisotopic (exact) mass is 242 g/mol. The third kappa shape index (κ3) is 3.68. The van der Waals surface area contributed by atoms with Crippen LogP contribution < -0.4 is 11.1 Å². The van der Waals surface area contributed by atoms with Gasteiger partial charge >= 0.3 is 0 Å². The Morgan fingerprint density at radius 1 is 1.41 bits per heavy atom. The van der Waals surface area contributed by atoms with Crippen LogP contribution in [0.1, 0.15) is 46.0 Å². The van der Waals surface area contributed by atoms with E-state index in [1.165, 1.54) is 0 Å². The molecule has 0 aromatic carbocycles. The van der Waals surface area contributed by atoms with Crippen molar-refractivity contribution in [1.29, 1.82) is 0 Å². The molecule has 0 aromatic heterocycles. The maximum absolute atomic E-state index is 11.9. The molecule has 1 aliphatic carbocycles. The third-order valence-electron chi connectivity index (χ3n) is 4.32. The fourth-order valence-corrected chi connectivity index (χ4v) is 2.45. The zero-order valence-electron chi connectivity index (χ0n) is 11.0. The summed E-state index contributed by atoms with van der Waals surface area (Å²) in [7, 11) is 0. The van der Waals surface area contributed by atoms with Gasteiger partial charge in [0.1, 0.15) is 0 Å². The molecule has 100 valence electrons. The first-order valence-electron chi connectivity index (χ1n) is 6.71. The largest absolute Gasteiger partial charge is 0.396 e. The molecule has 4 nitrogen and oxygen atoms in total. The van der Waals surface area contributed by atoms with E-state index in [4.69, 9.17) is 5.73 Å². The Kier molecular flexibility index (Phi) is 5.40. The van der Waals surface area contributed by atoms with Crippen molar-refractivity contribution in [3.63, 3.8) is 0 Å². The van der Waals surface area contributed by atoms with E-state index in [9.17, 15) is 9.90 Å². The van der Waals surface area contributed by atoms with Crippen LogP contribution in [-0.2, 0) is 4.79 Å². The molecule has 2 unspecified atom stereocenters. The Morgan fingerprint density at radius 3 is 2.47 bits per heavy atom. The number of hydrogen-bond donors (Lipinski definition) is 3. The quantitative estimate of drug-likeness (QED) is 0.651. The molecule has 1 amide bonds. The van der Waals surface area contributed by atoms with Crippen molar-refractivity contribution in [2.75, 3.05) is 13.2 Å². The van der Waals surface area contributed by atoms with Gasteiger partial charge in [-0.2, -0.15) is 0 Å². The molecule has 0 heterocycles. The molecule has 1 saturated carbocycles. The van der Waals surface area contributed by atoms with Crippen LogP contribution in [0.2, 0.25) is 0 Å². The Labute approximate surface area is 104 Å². The highest BCUT2D eigenvalue weighted by atomic mass is 16.3. The summed E-state index contributed by atoms with van der Waals surface area (Å²) in [6.07, 6.45) is 4.41. The van der Waals surface area contributed by atoms with Gasteiger partial charge in [0.05, 0.1) is 6.61 Å². The highest BCUT2D eigenvalue weighted by molar-refractivity contribution is 5.79. The molecular weight excluding hydrogens is 216 g/mol. The van der Waals surface area contributed by atoms with Gasteiger partial charge in [0.25, 0.3) is 0 Å². The summed E-state index contributed by atoms with van der Waals surface area (Å²) in [6, 6.07) is 0.186. The van der Waals surface area contributed by atoms with Crippen molar-refractivity contribution in [2.24, 2.45) is 17.1 Å². The SMILES string of the molecule is CCC(CC)(CO)CNC(=O)C1CCC(N)C1. The van der Waals surface area contributed by atoms with Crippen molar-refractivity contribution in [2.45, 2.75) is 52.0 Å². The van der Waals surface area contributed by atoms with Crippen molar-refractivity contribution < 1.29 is 9.90 Å². The number of amides is 1. The topological polar surface area (TPSA) is 75.3 Å². The van der Waals surface area contributed by atoms with Gasteiger partial charge in [-0.15, -0.1) is 0 Å². The number of aliphatic hydroxyl groups excluding tert-OH is 1. The fourth-order valence-electron chi connectivity index (χ4n) is 2.45. The Hall–Kier alpha value is -0.610. The van der Waals surface area contributed by atoms with Gasteiger partial charge in [0.2, 0.25) is 5.91 Å². The van der Waals surface area contributed by atoms with Gasteiger partial charge in [-0.1, -0.05) is 13.8 Å². The summed E-state index contributed by atoms with van der Waals surface area (Å²) < 4.78 is 0. The van der Waals surface area contributed by atoms with E-state index in [-0.39, 0.29) is 29.9 Å². The number of hydrogen-bond acceptors (Lipinski definition) is 3. The fraction of sp³-hybridized carbons (Fsp3) is 0.923. The number of nitrogens with one attached hydrogen (secondary N) is 1. The van der Waals surface area contributed by atoms with Crippen LogP contribution >= 0.6 is 0 Å². The van der Waals surface area contributed by atoms with Crippen LogP contribution in [0.25, 0.3) is 0 Å². The molecule has 1 fully saturated rings. The molecule has 1 aliphatic rings. The van der Waals surface area contributed by atoms with Gasteiger partial charge < -0.3 is 16.2 Å². The molecule has 4 N–H and O–H groups in total. The van der Waals surface area contributed by atoms with Crippen LogP contribution in [0, 0.1) is 11.3 Å². The molecular formula is C13H26N2O2. The zero-order valence-corrected chi connectivity index (χ0v) is 11.0. The van der Waals surface area contributed by atoms with E-state index in [0.29, 0.717) is 6.54 Å². The van der Waals surface area contributed by atoms with Gasteiger partial charge in [0.15, 0.2) is 0 Å². The zero-order chi connectivity index (χ0) is 12.9. The minimum absolute atomic E-state index is 0.0788. The minimum atomic E-state index is -0.156. The standard InChI is InChI=1S/C13H26N2O2/c1-3-13(4-2,9-16)8-15-12(17)10-5-6-11(14)7-10/h10-11,16H,3-9,14H2,1-2H3,(H,15,17). The second-order valence-corrected chi connectivity index (χ2v) is 5.35. The summed E-state index contributed by atoms with van der Waals surface area (Å²) >= 11 is 0. The van der Waals surface area contributed by atoms with E-state index < -0.39 is 0 Å². The molecule has 0 aromatic rings. The second-order valence-electron chi connectivity index (χ2n) is 5.35. The van der Waals surface area contributed by atoms with Gasteiger partial charge in [-0.05, 0) is 32.1 Å². The maximum Gasteiger partial charge on any atom is 0.223 e. The maximum atomic E-state index is 11.9. The van der Waals surface area contributed by atoms with Crippen LogP contribution in [-0.4, -0.2) is 30.2 Å². The van der Waals surface area contributed by atoms with Crippen LogP contribution in [0.5, 0.6) is 0 Å². The number of carbonyl (C=O) groups excluding carboxylic acids is 1. The summed E-state index contributed by atoms with van der Waals surface area (Å²) in [5, 5.41) is 12.4. The van der Waals surface area contributed by atoms with E-state index >= 15 is 0 Å². The molecule has 0 radical (unpaired) electrons. The van der Waals surface area contributed by atoms with E-state index in [1.807, 2.05) is 0 Å². The number of carbonyl (C=O) groups is 1. The lowest BCUT2D eigenvalue weighted by Gasteiger charge is -2.30. The summed E-state index contributed by atoms with van der Waals surface area (Å²) in [6.45, 7) is 4.81. The van der Waals surface area contributed by atoms with Gasteiger partial charge in [0, 0.05) is 23.9 Å². The number of nitrogens with two attached hydrogens (primary N) is 1. The molecule has 0 saturated heterocycles. The lowest BCUT2D eigenvalue weighted by Crippen LogP contribution is -2.41. The molecule has 4 heteroatoms. The molecule has 0 aliphatic heterocycles. The Balaban J connectivity index is 2.41. The minimum Gasteiger partial charge on any atom is -0.396 e. The average molecular weight is 242 g/mol. The number of rotatable bonds is 6. The first-order chi connectivity index (χ1) is 8.06. The van der Waals surface area contributed by atoms with Crippen LogP contribution in [0.4, 0.5) is 0 Å². The first kappa shape index (κ1) is 14.5. The summed E-state index contributed by atoms with van der Waals surface area (Å²) in [5.74, 6) is 0.188. The van der Waals surface area contributed by atoms with E-state index in [2.05, 4.69) is 19.2 Å². The van der Waals surface area contributed by atoms with Crippen molar-refractivity contribution in [3.05, 3.63) is 0 Å². The lowest BCUT2D eigenvalue weighted by atomic mass is 9.83. The molecule has 0 spiro atoms. The van der Waals surface area contributed by atoms with Crippen molar-refractivity contribution >= 4 is 5.91 Å². The van der Waals surface area contributed by atoms with Crippen LogP contribution in [0.3, 0.4) is 0 Å². The molecule has 2 atom stereocenters. The smallest absolute Gasteiger partial charge is 0.223 e. The summed E-state index contributed by atoms with van der Waals surface area (Å²) in [4.78, 5) is 11.9. The van der Waals surface area contributed by atoms with Crippen molar-refractivity contribution in [3.8, 4) is 0 Å². The molecule has 0 bridgehead atoms. The predicted molar refractivity (Wildman–Crippen MR) is 68.4 cm³/mol. The van der Waals surface area contributed by atoms with E-state index in [0.717, 1.165) is 32.1 Å². The van der Waals surface area contributed by atoms with Gasteiger partial charge in [-0.3, -0.25) is 4.79 Å².